The van der Waals surface area contributed by atoms with Crippen LogP contribution in [0.4, 0.5) is 17.8 Å². The molecular formula is C11H21N7. The first kappa shape index (κ1) is 12.8. The maximum absolute atomic E-state index is 5.40. The van der Waals surface area contributed by atoms with Crippen molar-refractivity contribution in [3.63, 3.8) is 0 Å². The molecule has 1 saturated carbocycles. The van der Waals surface area contributed by atoms with E-state index < -0.39 is 0 Å². The van der Waals surface area contributed by atoms with Crippen LogP contribution in [0.3, 0.4) is 0 Å². The molecule has 1 aliphatic rings. The van der Waals surface area contributed by atoms with Crippen LogP contribution in [0.1, 0.15) is 27.2 Å². The number of anilines is 3. The van der Waals surface area contributed by atoms with Gasteiger partial charge in [0.15, 0.2) is 0 Å². The number of nitrogen functional groups attached to an aromatic ring is 1. The molecule has 0 saturated heterocycles. The second-order valence-corrected chi connectivity index (χ2v) is 4.56. The molecule has 0 aliphatic heterocycles. The van der Waals surface area contributed by atoms with Gasteiger partial charge in [-0.15, -0.1) is 0 Å². The van der Waals surface area contributed by atoms with Crippen molar-refractivity contribution in [2.45, 2.75) is 33.2 Å². The van der Waals surface area contributed by atoms with Gasteiger partial charge in [0, 0.05) is 19.1 Å². The van der Waals surface area contributed by atoms with Crippen LogP contribution < -0.4 is 21.5 Å². The Morgan fingerprint density at radius 1 is 1.22 bits per heavy atom. The highest BCUT2D eigenvalue weighted by Gasteiger charge is 2.33. The fraction of sp³-hybridized carbons (Fsp3) is 0.727. The van der Waals surface area contributed by atoms with E-state index in [0.29, 0.717) is 29.8 Å². The third kappa shape index (κ3) is 2.79. The van der Waals surface area contributed by atoms with Gasteiger partial charge in [-0.2, -0.15) is 15.0 Å². The number of hydrazine groups is 1. The van der Waals surface area contributed by atoms with Gasteiger partial charge in [0.25, 0.3) is 0 Å². The van der Waals surface area contributed by atoms with Crippen molar-refractivity contribution in [1.82, 2.24) is 15.0 Å². The van der Waals surface area contributed by atoms with Gasteiger partial charge >= 0.3 is 0 Å². The number of hydrogen-bond donors (Lipinski definition) is 3. The molecule has 1 aliphatic carbocycles. The van der Waals surface area contributed by atoms with Crippen LogP contribution >= 0.6 is 0 Å². The van der Waals surface area contributed by atoms with E-state index in [1.54, 1.807) is 0 Å². The third-order valence-electron chi connectivity index (χ3n) is 3.22. The molecule has 1 aromatic heterocycles. The van der Waals surface area contributed by atoms with Crippen molar-refractivity contribution >= 4 is 17.8 Å². The molecule has 2 rings (SSSR count). The summed E-state index contributed by atoms with van der Waals surface area (Å²) in [7, 11) is 0. The summed E-state index contributed by atoms with van der Waals surface area (Å²) in [4.78, 5) is 15.0. The Labute approximate surface area is 107 Å². The Bertz CT molecular complexity index is 404. The van der Waals surface area contributed by atoms with Gasteiger partial charge in [0.2, 0.25) is 17.8 Å². The molecule has 0 aromatic carbocycles. The standard InChI is InChI=1S/C11H21N7/c1-4-18(5-2)11-15-9(13-8-6-7(8)3)14-10(16-11)17-12/h7-8H,4-6,12H2,1-3H3,(H2,13,14,15,16,17). The van der Waals surface area contributed by atoms with E-state index in [1.165, 1.54) is 0 Å². The Kier molecular flexibility index (Phi) is 3.81. The lowest BCUT2D eigenvalue weighted by Gasteiger charge is -2.19. The molecule has 1 heterocycles. The fourth-order valence-corrected chi connectivity index (χ4v) is 1.83. The Hall–Kier alpha value is -1.63. The van der Waals surface area contributed by atoms with E-state index >= 15 is 0 Å². The molecule has 18 heavy (non-hydrogen) atoms. The van der Waals surface area contributed by atoms with Crippen molar-refractivity contribution in [2.24, 2.45) is 11.8 Å². The quantitative estimate of drug-likeness (QED) is 0.509. The van der Waals surface area contributed by atoms with Crippen molar-refractivity contribution in [3.8, 4) is 0 Å². The van der Waals surface area contributed by atoms with Gasteiger partial charge in [-0.05, 0) is 26.2 Å². The number of rotatable bonds is 6. The van der Waals surface area contributed by atoms with Gasteiger partial charge < -0.3 is 10.2 Å². The van der Waals surface area contributed by atoms with Crippen LogP contribution in [-0.2, 0) is 0 Å². The highest BCUT2D eigenvalue weighted by molar-refractivity contribution is 5.44. The predicted octanol–water partition coefficient (Wildman–Crippen LogP) is 0.824. The van der Waals surface area contributed by atoms with Crippen molar-refractivity contribution in [2.75, 3.05) is 28.7 Å². The lowest BCUT2D eigenvalue weighted by molar-refractivity contribution is 0.809. The van der Waals surface area contributed by atoms with Gasteiger partial charge in [-0.1, -0.05) is 6.92 Å². The molecule has 0 spiro atoms. The fourth-order valence-electron chi connectivity index (χ4n) is 1.83. The SMILES string of the molecule is CCN(CC)c1nc(NN)nc(NC2CC2C)n1. The van der Waals surface area contributed by atoms with E-state index in [0.717, 1.165) is 19.5 Å². The molecule has 0 amide bonds. The normalized spacial score (nSPS) is 21.6. The average molecular weight is 251 g/mol. The third-order valence-corrected chi connectivity index (χ3v) is 3.22. The zero-order valence-electron chi connectivity index (χ0n) is 11.1. The maximum atomic E-state index is 5.40. The molecule has 2 unspecified atom stereocenters. The van der Waals surface area contributed by atoms with E-state index in [9.17, 15) is 0 Å². The van der Waals surface area contributed by atoms with Crippen molar-refractivity contribution in [1.29, 1.82) is 0 Å². The van der Waals surface area contributed by atoms with Gasteiger partial charge in [-0.25, -0.2) is 5.84 Å². The Morgan fingerprint density at radius 3 is 2.33 bits per heavy atom. The Morgan fingerprint density at radius 2 is 1.83 bits per heavy atom. The van der Waals surface area contributed by atoms with Crippen LogP contribution in [-0.4, -0.2) is 34.1 Å². The number of nitrogens with two attached hydrogens (primary N) is 1. The first-order valence-electron chi connectivity index (χ1n) is 6.42. The van der Waals surface area contributed by atoms with E-state index in [2.05, 4.69) is 51.4 Å². The number of nitrogens with zero attached hydrogens (tertiary/aromatic N) is 4. The summed E-state index contributed by atoms with van der Waals surface area (Å²) in [6, 6.07) is 0.475. The minimum Gasteiger partial charge on any atom is -0.351 e. The van der Waals surface area contributed by atoms with E-state index in [4.69, 9.17) is 5.84 Å². The molecule has 7 nitrogen and oxygen atoms in total. The first-order chi connectivity index (χ1) is 8.67. The summed E-state index contributed by atoms with van der Waals surface area (Å²) < 4.78 is 0. The predicted molar refractivity (Wildman–Crippen MR) is 72.4 cm³/mol. The van der Waals surface area contributed by atoms with Crippen molar-refractivity contribution < 1.29 is 0 Å². The summed E-state index contributed by atoms with van der Waals surface area (Å²) >= 11 is 0. The smallest absolute Gasteiger partial charge is 0.243 e. The molecule has 2 atom stereocenters. The molecule has 1 fully saturated rings. The molecule has 100 valence electrons. The van der Waals surface area contributed by atoms with Crippen LogP contribution in [0.15, 0.2) is 0 Å². The zero-order valence-corrected chi connectivity index (χ0v) is 11.1. The lowest BCUT2D eigenvalue weighted by atomic mass is 10.5. The van der Waals surface area contributed by atoms with Gasteiger partial charge in [0.1, 0.15) is 0 Å². The van der Waals surface area contributed by atoms with E-state index in [1.807, 2.05) is 0 Å². The second kappa shape index (κ2) is 5.34. The second-order valence-electron chi connectivity index (χ2n) is 4.56. The average Bonchev–Trinajstić information content (AvgIpc) is 3.06. The van der Waals surface area contributed by atoms with Gasteiger partial charge in [0.05, 0.1) is 0 Å². The summed E-state index contributed by atoms with van der Waals surface area (Å²) in [5.41, 5.74) is 2.49. The van der Waals surface area contributed by atoms with Crippen molar-refractivity contribution in [3.05, 3.63) is 0 Å². The highest BCUT2D eigenvalue weighted by atomic mass is 15.4. The molecular weight excluding hydrogens is 230 g/mol. The molecule has 7 heteroatoms. The Balaban J connectivity index is 2.20. The number of nitrogens with one attached hydrogen (secondary N) is 2. The minimum absolute atomic E-state index is 0.391. The summed E-state index contributed by atoms with van der Waals surface area (Å²) in [5.74, 6) is 7.72. The maximum Gasteiger partial charge on any atom is 0.243 e. The topological polar surface area (TPSA) is 92.0 Å². The molecule has 4 N–H and O–H groups in total. The van der Waals surface area contributed by atoms with Crippen LogP contribution in [0.2, 0.25) is 0 Å². The highest BCUT2D eigenvalue weighted by Crippen LogP contribution is 2.32. The van der Waals surface area contributed by atoms with Crippen LogP contribution in [0.25, 0.3) is 0 Å². The summed E-state index contributed by atoms with van der Waals surface area (Å²) in [6.07, 6.45) is 1.16. The van der Waals surface area contributed by atoms with Crippen LogP contribution in [0.5, 0.6) is 0 Å². The molecule has 1 aromatic rings. The lowest BCUT2D eigenvalue weighted by Crippen LogP contribution is -2.26. The summed E-state index contributed by atoms with van der Waals surface area (Å²) in [5, 5.41) is 3.30. The van der Waals surface area contributed by atoms with Gasteiger partial charge in [-0.3, -0.25) is 5.43 Å². The summed E-state index contributed by atoms with van der Waals surface area (Å²) in [6.45, 7) is 8.04. The largest absolute Gasteiger partial charge is 0.351 e. The molecule has 0 radical (unpaired) electrons. The number of hydrogen-bond acceptors (Lipinski definition) is 7. The monoisotopic (exact) mass is 251 g/mol. The first-order valence-corrected chi connectivity index (χ1v) is 6.42. The van der Waals surface area contributed by atoms with Crippen LogP contribution in [0, 0.1) is 5.92 Å². The van der Waals surface area contributed by atoms with E-state index in [-0.39, 0.29) is 0 Å². The molecule has 0 bridgehead atoms. The number of aromatic nitrogens is 3. The zero-order chi connectivity index (χ0) is 13.1. The minimum atomic E-state index is 0.391.